The molecule has 0 fully saturated rings. The molecule has 5 atom stereocenters. The summed E-state index contributed by atoms with van der Waals surface area (Å²) in [5, 5.41) is 10.6. The number of rotatable bonds is 76. The standard InChI is InChI=1S/C78H152O17P2/c1-8-9-10-11-12-13-14-15-21-24-30-38-45-52-59-75(80)88-65-73(94-77(82)61-54-47-40-31-25-22-19-17-16-18-20-23-28-35-42-49-56-69(2)3)67-92-96(84,85)90-63-72(79)64-91-97(86,87)93-68-74(66-89-76(81)60-53-46-39-34-33-37-44-51-58-71(6)7)95-78(83)62-55-48-41-32-27-26-29-36-43-50-57-70(4)5/h69-74,79H,8-68H2,1-7H3,(H,84,85)(H,86,87)/t72-,73-,74-/m1/s1. The molecular weight excluding hydrogens is 1270 g/mol. The van der Waals surface area contributed by atoms with Crippen molar-refractivity contribution < 1.29 is 80.2 Å². The minimum absolute atomic E-state index is 0.105. The molecule has 19 heteroatoms. The summed E-state index contributed by atoms with van der Waals surface area (Å²) < 4.78 is 68.6. The van der Waals surface area contributed by atoms with Gasteiger partial charge in [0.1, 0.15) is 19.3 Å². The Balaban J connectivity index is 5.24. The summed E-state index contributed by atoms with van der Waals surface area (Å²) in [5.41, 5.74) is 0. The Morgan fingerprint density at radius 2 is 0.474 bits per heavy atom. The molecule has 0 spiro atoms. The van der Waals surface area contributed by atoms with E-state index in [2.05, 4.69) is 48.5 Å². The van der Waals surface area contributed by atoms with Crippen molar-refractivity contribution in [2.45, 2.75) is 420 Å². The van der Waals surface area contributed by atoms with E-state index in [0.717, 1.165) is 108 Å². The second-order valence-electron chi connectivity index (χ2n) is 29.5. The third-order valence-corrected chi connectivity index (χ3v) is 20.0. The molecule has 0 aromatic rings. The quantitative estimate of drug-likeness (QED) is 0.0222. The van der Waals surface area contributed by atoms with Crippen molar-refractivity contribution in [3.8, 4) is 0 Å². The van der Waals surface area contributed by atoms with E-state index in [9.17, 15) is 43.2 Å². The van der Waals surface area contributed by atoms with Gasteiger partial charge in [-0.3, -0.25) is 37.3 Å². The number of ether oxygens (including phenoxy) is 4. The van der Waals surface area contributed by atoms with Gasteiger partial charge in [-0.25, -0.2) is 9.13 Å². The Kier molecular flexibility index (Phi) is 67.1. The van der Waals surface area contributed by atoms with Gasteiger partial charge >= 0.3 is 39.5 Å². The zero-order valence-corrected chi connectivity index (χ0v) is 65.3. The fourth-order valence-corrected chi connectivity index (χ4v) is 13.5. The summed E-state index contributed by atoms with van der Waals surface area (Å²) in [5.74, 6) is 0.173. The van der Waals surface area contributed by atoms with Crippen LogP contribution in [0, 0.1) is 17.8 Å². The molecule has 0 aromatic carbocycles. The summed E-state index contributed by atoms with van der Waals surface area (Å²) in [6.45, 7) is 11.9. The van der Waals surface area contributed by atoms with Crippen molar-refractivity contribution in [2.75, 3.05) is 39.6 Å². The maximum atomic E-state index is 13.1. The van der Waals surface area contributed by atoms with Gasteiger partial charge in [0, 0.05) is 25.7 Å². The number of aliphatic hydroxyl groups excluding tert-OH is 1. The molecule has 0 amide bonds. The van der Waals surface area contributed by atoms with Gasteiger partial charge in [0.15, 0.2) is 12.2 Å². The summed E-state index contributed by atoms with van der Waals surface area (Å²) in [6, 6.07) is 0. The molecule has 0 rings (SSSR count). The molecule has 0 heterocycles. The maximum absolute atomic E-state index is 13.1. The highest BCUT2D eigenvalue weighted by molar-refractivity contribution is 7.47. The van der Waals surface area contributed by atoms with Crippen molar-refractivity contribution in [3.05, 3.63) is 0 Å². The molecule has 0 bridgehead atoms. The lowest BCUT2D eigenvalue weighted by Gasteiger charge is -2.21. The zero-order chi connectivity index (χ0) is 71.6. The first-order chi connectivity index (χ1) is 46.7. The van der Waals surface area contributed by atoms with Crippen molar-refractivity contribution in [1.29, 1.82) is 0 Å². The lowest BCUT2D eigenvalue weighted by molar-refractivity contribution is -0.161. The van der Waals surface area contributed by atoms with Crippen LogP contribution in [0.25, 0.3) is 0 Å². The van der Waals surface area contributed by atoms with E-state index >= 15 is 0 Å². The first kappa shape index (κ1) is 95.1. The van der Waals surface area contributed by atoms with E-state index in [0.29, 0.717) is 25.7 Å². The highest BCUT2D eigenvalue weighted by Gasteiger charge is 2.30. The molecular formula is C78H152O17P2. The van der Waals surface area contributed by atoms with Gasteiger partial charge < -0.3 is 33.8 Å². The van der Waals surface area contributed by atoms with Crippen LogP contribution in [0.15, 0.2) is 0 Å². The Labute approximate surface area is 594 Å². The molecule has 17 nitrogen and oxygen atoms in total. The van der Waals surface area contributed by atoms with Crippen molar-refractivity contribution in [2.24, 2.45) is 17.8 Å². The van der Waals surface area contributed by atoms with Crippen LogP contribution in [0.5, 0.6) is 0 Å². The van der Waals surface area contributed by atoms with Crippen molar-refractivity contribution >= 4 is 39.5 Å². The molecule has 0 saturated heterocycles. The second kappa shape index (κ2) is 68.5. The second-order valence-corrected chi connectivity index (χ2v) is 32.4. The molecule has 0 aliphatic carbocycles. The number of unbranched alkanes of at least 4 members (excludes halogenated alkanes) is 44. The SMILES string of the molecule is CCCCCCCCCCCCCCCCC(=O)OC[C@H](COP(=O)(O)OC[C@@H](O)COP(=O)(O)OC[C@@H](COC(=O)CCCCCCCCCCC(C)C)OC(=O)CCCCCCCCCCCCC(C)C)OC(=O)CCCCCCCCCCCCCCCCCCC(C)C. The average molecular weight is 1420 g/mol. The first-order valence-electron chi connectivity index (χ1n) is 40.3. The molecule has 97 heavy (non-hydrogen) atoms. The lowest BCUT2D eigenvalue weighted by Crippen LogP contribution is -2.30. The predicted octanol–water partition coefficient (Wildman–Crippen LogP) is 23.0. The molecule has 0 aliphatic rings. The van der Waals surface area contributed by atoms with Gasteiger partial charge in [0.2, 0.25) is 0 Å². The van der Waals surface area contributed by atoms with Crippen LogP contribution in [0.2, 0.25) is 0 Å². The topological polar surface area (TPSA) is 237 Å². The van der Waals surface area contributed by atoms with E-state index in [-0.39, 0.29) is 25.7 Å². The fraction of sp³-hybridized carbons (Fsp3) is 0.949. The van der Waals surface area contributed by atoms with E-state index < -0.39 is 97.5 Å². The highest BCUT2D eigenvalue weighted by atomic mass is 31.2. The molecule has 576 valence electrons. The van der Waals surface area contributed by atoms with Gasteiger partial charge in [-0.05, 0) is 43.4 Å². The van der Waals surface area contributed by atoms with Crippen LogP contribution >= 0.6 is 15.6 Å². The number of carbonyl (C=O) groups is 4. The smallest absolute Gasteiger partial charge is 0.462 e. The maximum Gasteiger partial charge on any atom is 0.472 e. The minimum Gasteiger partial charge on any atom is -0.462 e. The van der Waals surface area contributed by atoms with Gasteiger partial charge in [0.25, 0.3) is 0 Å². The Bertz CT molecular complexity index is 1890. The summed E-state index contributed by atoms with van der Waals surface area (Å²) in [4.78, 5) is 72.9. The number of phosphoric ester groups is 2. The Morgan fingerprint density at radius 3 is 0.701 bits per heavy atom. The average Bonchev–Trinajstić information content (AvgIpc) is 1.14. The largest absolute Gasteiger partial charge is 0.472 e. The van der Waals surface area contributed by atoms with E-state index in [1.165, 1.54) is 212 Å². The van der Waals surface area contributed by atoms with Gasteiger partial charge in [-0.1, -0.05) is 350 Å². The minimum atomic E-state index is -4.96. The molecule has 3 N–H and O–H groups in total. The van der Waals surface area contributed by atoms with Crippen LogP contribution in [-0.4, -0.2) is 96.7 Å². The van der Waals surface area contributed by atoms with Gasteiger partial charge in [0.05, 0.1) is 26.4 Å². The number of esters is 4. The van der Waals surface area contributed by atoms with E-state index in [4.69, 9.17) is 37.0 Å². The lowest BCUT2D eigenvalue weighted by atomic mass is 10.0. The third kappa shape index (κ3) is 72.2. The van der Waals surface area contributed by atoms with Crippen LogP contribution < -0.4 is 0 Å². The monoisotopic (exact) mass is 1420 g/mol. The van der Waals surface area contributed by atoms with E-state index in [1.54, 1.807) is 0 Å². The Hall–Kier alpha value is -1.94. The predicted molar refractivity (Wildman–Crippen MR) is 395 cm³/mol. The number of phosphoric acid groups is 2. The summed E-state index contributed by atoms with van der Waals surface area (Å²) >= 11 is 0. The number of hydrogen-bond donors (Lipinski definition) is 3. The van der Waals surface area contributed by atoms with Crippen LogP contribution in [-0.2, 0) is 65.4 Å². The number of aliphatic hydroxyl groups is 1. The fourth-order valence-electron chi connectivity index (χ4n) is 12.0. The van der Waals surface area contributed by atoms with Gasteiger partial charge in [-0.2, -0.15) is 0 Å². The highest BCUT2D eigenvalue weighted by Crippen LogP contribution is 2.45. The molecule has 0 saturated carbocycles. The van der Waals surface area contributed by atoms with Crippen LogP contribution in [0.3, 0.4) is 0 Å². The molecule has 0 radical (unpaired) electrons. The van der Waals surface area contributed by atoms with Crippen LogP contribution in [0.1, 0.15) is 402 Å². The van der Waals surface area contributed by atoms with Crippen molar-refractivity contribution in [3.63, 3.8) is 0 Å². The van der Waals surface area contributed by atoms with Crippen LogP contribution in [0.4, 0.5) is 0 Å². The summed E-state index contributed by atoms with van der Waals surface area (Å²) in [7, 11) is -9.92. The third-order valence-electron chi connectivity index (χ3n) is 18.1. The summed E-state index contributed by atoms with van der Waals surface area (Å²) in [6.07, 6.45) is 55.5. The normalized spacial score (nSPS) is 14.0. The molecule has 2 unspecified atom stereocenters. The molecule has 0 aliphatic heterocycles. The van der Waals surface area contributed by atoms with E-state index in [1.807, 2.05) is 0 Å². The first-order valence-corrected chi connectivity index (χ1v) is 43.3. The number of carbonyl (C=O) groups excluding carboxylic acids is 4. The van der Waals surface area contributed by atoms with Crippen molar-refractivity contribution in [1.82, 2.24) is 0 Å². The number of hydrogen-bond acceptors (Lipinski definition) is 15. The molecule has 0 aromatic heterocycles. The zero-order valence-electron chi connectivity index (χ0n) is 63.5. The van der Waals surface area contributed by atoms with Gasteiger partial charge in [-0.15, -0.1) is 0 Å². The Morgan fingerprint density at radius 1 is 0.278 bits per heavy atom.